The fourth-order valence-corrected chi connectivity index (χ4v) is 2.64. The molecule has 21 heavy (non-hydrogen) atoms. The molecule has 1 aromatic carbocycles. The molecule has 1 rings (SSSR count). The standard InChI is InChI=1S/C16H26ClN3O/c1-4-12(9-10-18)5-8-16(21)19-13-6-7-15(20(2)3)14(17)11-13/h6-7,11-12H,4-5,8-10,18H2,1-3H3,(H,19,21). The Kier molecular flexibility index (Phi) is 7.54. The van der Waals surface area contributed by atoms with Gasteiger partial charge < -0.3 is 16.0 Å². The summed E-state index contributed by atoms with van der Waals surface area (Å²) in [6.45, 7) is 2.82. The van der Waals surface area contributed by atoms with Crippen molar-refractivity contribution in [1.29, 1.82) is 0 Å². The molecular formula is C16H26ClN3O. The summed E-state index contributed by atoms with van der Waals surface area (Å²) < 4.78 is 0. The summed E-state index contributed by atoms with van der Waals surface area (Å²) in [5, 5.41) is 3.53. The lowest BCUT2D eigenvalue weighted by atomic mass is 9.96. The zero-order valence-electron chi connectivity index (χ0n) is 13.2. The lowest BCUT2D eigenvalue weighted by Gasteiger charge is -2.16. The van der Waals surface area contributed by atoms with E-state index in [1.807, 2.05) is 31.1 Å². The van der Waals surface area contributed by atoms with Gasteiger partial charge in [-0.25, -0.2) is 0 Å². The number of hydrogen-bond acceptors (Lipinski definition) is 3. The molecule has 4 nitrogen and oxygen atoms in total. The van der Waals surface area contributed by atoms with E-state index in [1.54, 1.807) is 6.07 Å². The SMILES string of the molecule is CCC(CCN)CCC(=O)Nc1ccc(N(C)C)c(Cl)c1. The van der Waals surface area contributed by atoms with Gasteiger partial charge in [0.05, 0.1) is 10.7 Å². The number of anilines is 2. The van der Waals surface area contributed by atoms with Crippen molar-refractivity contribution in [3.05, 3.63) is 23.2 Å². The molecule has 5 heteroatoms. The van der Waals surface area contributed by atoms with Crippen LogP contribution in [-0.2, 0) is 4.79 Å². The molecule has 1 atom stereocenters. The van der Waals surface area contributed by atoms with Crippen LogP contribution in [0.1, 0.15) is 32.6 Å². The van der Waals surface area contributed by atoms with Crippen LogP contribution in [0.4, 0.5) is 11.4 Å². The lowest BCUT2D eigenvalue weighted by Crippen LogP contribution is -2.15. The molecule has 1 unspecified atom stereocenters. The molecule has 0 saturated heterocycles. The number of nitrogens with two attached hydrogens (primary N) is 1. The fraction of sp³-hybridized carbons (Fsp3) is 0.562. The Hall–Kier alpha value is -1.26. The highest BCUT2D eigenvalue weighted by Crippen LogP contribution is 2.27. The van der Waals surface area contributed by atoms with E-state index in [2.05, 4.69) is 12.2 Å². The Labute approximate surface area is 132 Å². The third kappa shape index (κ3) is 5.94. The van der Waals surface area contributed by atoms with Crippen molar-refractivity contribution in [3.8, 4) is 0 Å². The molecule has 1 amide bonds. The van der Waals surface area contributed by atoms with Gasteiger partial charge in [0, 0.05) is 26.2 Å². The number of nitrogens with zero attached hydrogens (tertiary/aromatic N) is 1. The zero-order chi connectivity index (χ0) is 15.8. The van der Waals surface area contributed by atoms with Crippen LogP contribution < -0.4 is 16.0 Å². The molecule has 0 spiro atoms. The van der Waals surface area contributed by atoms with Crippen molar-refractivity contribution < 1.29 is 4.79 Å². The van der Waals surface area contributed by atoms with Crippen molar-refractivity contribution in [2.45, 2.75) is 32.6 Å². The average Bonchev–Trinajstić information content (AvgIpc) is 2.43. The van der Waals surface area contributed by atoms with Crippen molar-refractivity contribution >= 4 is 28.9 Å². The Morgan fingerprint density at radius 3 is 2.62 bits per heavy atom. The van der Waals surface area contributed by atoms with E-state index < -0.39 is 0 Å². The summed E-state index contributed by atoms with van der Waals surface area (Å²) in [4.78, 5) is 13.9. The highest BCUT2D eigenvalue weighted by Gasteiger charge is 2.10. The summed E-state index contributed by atoms with van der Waals surface area (Å²) in [7, 11) is 3.86. The maximum Gasteiger partial charge on any atom is 0.224 e. The minimum atomic E-state index is 0.0270. The summed E-state index contributed by atoms with van der Waals surface area (Å²) in [5.41, 5.74) is 7.24. The maximum atomic E-state index is 12.0. The lowest BCUT2D eigenvalue weighted by molar-refractivity contribution is -0.116. The van der Waals surface area contributed by atoms with Gasteiger partial charge in [-0.05, 0) is 43.5 Å². The third-order valence-corrected chi connectivity index (χ3v) is 3.95. The van der Waals surface area contributed by atoms with Crippen LogP contribution in [0.15, 0.2) is 18.2 Å². The van der Waals surface area contributed by atoms with Gasteiger partial charge >= 0.3 is 0 Å². The number of benzene rings is 1. The van der Waals surface area contributed by atoms with Gasteiger partial charge in [0.2, 0.25) is 5.91 Å². The van der Waals surface area contributed by atoms with E-state index >= 15 is 0 Å². The van der Waals surface area contributed by atoms with Crippen molar-refractivity contribution in [3.63, 3.8) is 0 Å². The van der Waals surface area contributed by atoms with E-state index in [9.17, 15) is 4.79 Å². The number of carbonyl (C=O) groups excluding carboxylic acids is 1. The van der Waals surface area contributed by atoms with E-state index in [0.29, 0.717) is 23.9 Å². The molecule has 1 aromatic rings. The van der Waals surface area contributed by atoms with Gasteiger partial charge in [0.25, 0.3) is 0 Å². The monoisotopic (exact) mass is 311 g/mol. The Bertz CT molecular complexity index is 463. The summed E-state index contributed by atoms with van der Waals surface area (Å²) in [5.74, 6) is 0.555. The van der Waals surface area contributed by atoms with Crippen LogP contribution in [0.2, 0.25) is 5.02 Å². The average molecular weight is 312 g/mol. The van der Waals surface area contributed by atoms with E-state index in [1.165, 1.54) is 0 Å². The van der Waals surface area contributed by atoms with E-state index in [0.717, 1.165) is 30.6 Å². The minimum absolute atomic E-state index is 0.0270. The summed E-state index contributed by atoms with van der Waals surface area (Å²) in [6, 6.07) is 5.56. The van der Waals surface area contributed by atoms with Gasteiger partial charge in [-0.1, -0.05) is 24.9 Å². The molecule has 0 radical (unpaired) electrons. The van der Waals surface area contributed by atoms with Crippen LogP contribution >= 0.6 is 11.6 Å². The molecule has 0 heterocycles. The number of amides is 1. The molecular weight excluding hydrogens is 286 g/mol. The Morgan fingerprint density at radius 1 is 1.38 bits per heavy atom. The molecule has 118 valence electrons. The molecule has 0 aromatic heterocycles. The molecule has 0 bridgehead atoms. The number of rotatable bonds is 8. The highest BCUT2D eigenvalue weighted by atomic mass is 35.5. The summed E-state index contributed by atoms with van der Waals surface area (Å²) >= 11 is 6.19. The van der Waals surface area contributed by atoms with Gasteiger partial charge in [0.15, 0.2) is 0 Å². The second-order valence-corrected chi connectivity index (χ2v) is 5.91. The van der Waals surface area contributed by atoms with Gasteiger partial charge in [-0.15, -0.1) is 0 Å². The van der Waals surface area contributed by atoms with Crippen molar-refractivity contribution in [1.82, 2.24) is 0 Å². The Morgan fingerprint density at radius 2 is 2.10 bits per heavy atom. The predicted molar refractivity (Wildman–Crippen MR) is 91.1 cm³/mol. The second kappa shape index (κ2) is 8.90. The molecule has 0 aliphatic heterocycles. The molecule has 0 aliphatic carbocycles. The largest absolute Gasteiger partial charge is 0.376 e. The number of halogens is 1. The number of carbonyl (C=O) groups is 1. The first-order chi connectivity index (χ1) is 9.97. The maximum absolute atomic E-state index is 12.0. The highest BCUT2D eigenvalue weighted by molar-refractivity contribution is 6.33. The number of hydrogen-bond donors (Lipinski definition) is 2. The first-order valence-electron chi connectivity index (χ1n) is 7.44. The van der Waals surface area contributed by atoms with Crippen LogP contribution in [0.25, 0.3) is 0 Å². The quantitative estimate of drug-likeness (QED) is 0.772. The van der Waals surface area contributed by atoms with E-state index in [4.69, 9.17) is 17.3 Å². The normalized spacial score (nSPS) is 12.0. The van der Waals surface area contributed by atoms with Crippen molar-refractivity contribution in [2.75, 3.05) is 30.9 Å². The molecule has 0 saturated carbocycles. The van der Waals surface area contributed by atoms with Crippen LogP contribution in [-0.4, -0.2) is 26.5 Å². The smallest absolute Gasteiger partial charge is 0.224 e. The topological polar surface area (TPSA) is 58.4 Å². The first kappa shape index (κ1) is 17.8. The van der Waals surface area contributed by atoms with Crippen LogP contribution in [0, 0.1) is 5.92 Å². The molecule has 3 N–H and O–H groups in total. The summed E-state index contributed by atoms with van der Waals surface area (Å²) in [6.07, 6.45) is 3.44. The molecule has 0 fully saturated rings. The molecule has 0 aliphatic rings. The van der Waals surface area contributed by atoms with Crippen LogP contribution in [0.3, 0.4) is 0 Å². The van der Waals surface area contributed by atoms with Gasteiger partial charge in [-0.3, -0.25) is 4.79 Å². The van der Waals surface area contributed by atoms with Gasteiger partial charge in [0.1, 0.15) is 0 Å². The second-order valence-electron chi connectivity index (χ2n) is 5.50. The first-order valence-corrected chi connectivity index (χ1v) is 7.82. The minimum Gasteiger partial charge on any atom is -0.376 e. The van der Waals surface area contributed by atoms with Crippen LogP contribution in [0.5, 0.6) is 0 Å². The van der Waals surface area contributed by atoms with Gasteiger partial charge in [-0.2, -0.15) is 0 Å². The zero-order valence-corrected chi connectivity index (χ0v) is 13.9. The van der Waals surface area contributed by atoms with E-state index in [-0.39, 0.29) is 5.91 Å². The Balaban J connectivity index is 2.53. The fourth-order valence-electron chi connectivity index (χ4n) is 2.29. The number of nitrogens with one attached hydrogen (secondary N) is 1. The van der Waals surface area contributed by atoms with Crippen molar-refractivity contribution in [2.24, 2.45) is 11.7 Å². The third-order valence-electron chi connectivity index (χ3n) is 3.65. The predicted octanol–water partition coefficient (Wildman–Crippen LogP) is 3.50.